The van der Waals surface area contributed by atoms with Crippen molar-refractivity contribution in [1.82, 2.24) is 0 Å². The van der Waals surface area contributed by atoms with Gasteiger partial charge in [0.15, 0.2) is 0 Å². The Labute approximate surface area is 329 Å². The molecule has 5 heteroatoms. The number of hydrogen-bond donors (Lipinski definition) is 0. The molecule has 0 bridgehead atoms. The highest BCUT2D eigenvalue weighted by Crippen LogP contribution is 2.57. The van der Waals surface area contributed by atoms with Crippen molar-refractivity contribution in [3.63, 3.8) is 0 Å². The maximum Gasteiger partial charge on any atom is 0.311 e. The number of unbranched alkanes of at least 4 members (excludes halogenated alkanes) is 4. The average molecular weight is 741 g/mol. The Balaban J connectivity index is 1.25. The first-order chi connectivity index (χ1) is 26.6. The van der Waals surface area contributed by atoms with E-state index in [-0.39, 0.29) is 18.2 Å². The number of rotatable bonds is 20. The third kappa shape index (κ3) is 9.10. The molecule has 0 amide bonds. The third-order valence-corrected chi connectivity index (χ3v) is 11.3. The maximum absolute atomic E-state index is 12.7. The summed E-state index contributed by atoms with van der Waals surface area (Å²) in [4.78, 5) is 12.7. The largest absolute Gasteiger partial charge is 0.491 e. The molecule has 0 fully saturated rings. The molecule has 0 N–H and O–H groups in total. The highest BCUT2D eigenvalue weighted by atomic mass is 16.6. The molecule has 290 valence electrons. The van der Waals surface area contributed by atoms with E-state index < -0.39 is 10.8 Å². The Kier molecular flexibility index (Phi) is 13.0. The predicted octanol–water partition coefficient (Wildman–Crippen LogP) is 12.5. The summed E-state index contributed by atoms with van der Waals surface area (Å²) in [6.45, 7) is 14.2. The number of esters is 1. The van der Waals surface area contributed by atoms with Crippen molar-refractivity contribution < 1.29 is 23.7 Å². The van der Waals surface area contributed by atoms with E-state index in [9.17, 15) is 4.79 Å². The lowest BCUT2D eigenvalue weighted by Gasteiger charge is -2.34. The second kappa shape index (κ2) is 17.9. The van der Waals surface area contributed by atoms with E-state index in [4.69, 9.17) is 18.9 Å². The van der Waals surface area contributed by atoms with Crippen LogP contribution in [-0.2, 0) is 19.7 Å². The van der Waals surface area contributed by atoms with Gasteiger partial charge >= 0.3 is 5.97 Å². The lowest BCUT2D eigenvalue weighted by atomic mass is 9.67. The minimum atomic E-state index is -0.572. The smallest absolute Gasteiger partial charge is 0.311 e. The van der Waals surface area contributed by atoms with E-state index in [0.29, 0.717) is 19.8 Å². The van der Waals surface area contributed by atoms with Crippen LogP contribution in [0.1, 0.15) is 115 Å². The summed E-state index contributed by atoms with van der Waals surface area (Å²) < 4.78 is 24.2. The Morgan fingerprint density at radius 3 is 1.78 bits per heavy atom. The molecule has 1 aliphatic rings. The molecule has 0 aromatic heterocycles. The quantitative estimate of drug-likeness (QED) is 0.0576. The minimum Gasteiger partial charge on any atom is -0.491 e. The molecule has 1 atom stereocenters. The van der Waals surface area contributed by atoms with Gasteiger partial charge in [0, 0.05) is 0 Å². The molecule has 0 heterocycles. The van der Waals surface area contributed by atoms with Crippen molar-refractivity contribution in [2.45, 2.75) is 104 Å². The van der Waals surface area contributed by atoms with Crippen LogP contribution in [0.2, 0.25) is 0 Å². The lowest BCUT2D eigenvalue weighted by molar-refractivity contribution is -0.155. The first kappa shape index (κ1) is 40.1. The van der Waals surface area contributed by atoms with E-state index in [1.54, 1.807) is 0 Å². The van der Waals surface area contributed by atoms with Crippen LogP contribution in [0, 0.1) is 5.41 Å². The number of carbonyl (C=O) groups is 1. The first-order valence-corrected chi connectivity index (χ1v) is 20.5. The highest BCUT2D eigenvalue weighted by Gasteiger charge is 2.46. The summed E-state index contributed by atoms with van der Waals surface area (Å²) in [5.74, 6) is 1.39. The van der Waals surface area contributed by atoms with Gasteiger partial charge in [-0.05, 0) is 121 Å². The topological polar surface area (TPSA) is 54.0 Å². The van der Waals surface area contributed by atoms with Crippen LogP contribution in [0.3, 0.4) is 0 Å². The van der Waals surface area contributed by atoms with Crippen LogP contribution in [0.4, 0.5) is 0 Å². The molecule has 0 radical (unpaired) electrons. The number of benzene rings is 5. The van der Waals surface area contributed by atoms with Crippen LogP contribution >= 0.6 is 0 Å². The number of hydrogen-bond acceptors (Lipinski definition) is 5. The van der Waals surface area contributed by atoms with Crippen LogP contribution < -0.4 is 9.47 Å². The Hall–Kier alpha value is -4.61. The Morgan fingerprint density at radius 2 is 1.15 bits per heavy atom. The molecule has 0 saturated heterocycles. The van der Waals surface area contributed by atoms with E-state index in [0.717, 1.165) is 48.3 Å². The van der Waals surface area contributed by atoms with Gasteiger partial charge < -0.3 is 18.9 Å². The zero-order chi connectivity index (χ0) is 38.9. The SMILES string of the molecule is CCCCCCC(C)(C)OCCOc1ccc(C2(c3ccc(OCCOC(=O)C(C)(C)CCCC)cc3)c3ccccc3-c3cc4ccccc4cc32)cc1. The van der Waals surface area contributed by atoms with Crippen molar-refractivity contribution in [1.29, 1.82) is 0 Å². The molecular weight excluding hydrogens is 681 g/mol. The molecule has 0 aliphatic heterocycles. The first-order valence-electron chi connectivity index (χ1n) is 20.5. The molecule has 6 rings (SSSR count). The maximum atomic E-state index is 12.7. The second-order valence-corrected chi connectivity index (χ2v) is 16.3. The van der Waals surface area contributed by atoms with Crippen molar-refractivity contribution in [3.05, 3.63) is 131 Å². The Bertz CT molecular complexity index is 2010. The molecule has 5 aromatic carbocycles. The summed E-state index contributed by atoms with van der Waals surface area (Å²) in [5.41, 5.74) is 6.07. The van der Waals surface area contributed by atoms with Crippen LogP contribution in [0.15, 0.2) is 109 Å². The lowest BCUT2D eigenvalue weighted by Crippen LogP contribution is -2.28. The summed E-state index contributed by atoms with van der Waals surface area (Å²) in [6, 6.07) is 39.2. The molecular formula is C50H60O5. The van der Waals surface area contributed by atoms with E-state index in [2.05, 4.69) is 125 Å². The van der Waals surface area contributed by atoms with E-state index in [1.807, 2.05) is 26.0 Å². The molecule has 0 saturated carbocycles. The number of ether oxygens (including phenoxy) is 4. The fraction of sp³-hybridized carbons (Fsp3) is 0.420. The van der Waals surface area contributed by atoms with Gasteiger partial charge in [-0.25, -0.2) is 0 Å². The summed E-state index contributed by atoms with van der Waals surface area (Å²) in [6.07, 6.45) is 8.90. The van der Waals surface area contributed by atoms with Crippen molar-refractivity contribution in [3.8, 4) is 22.6 Å². The molecule has 5 nitrogen and oxygen atoms in total. The van der Waals surface area contributed by atoms with Gasteiger partial charge in [0.25, 0.3) is 0 Å². The summed E-state index contributed by atoms with van der Waals surface area (Å²) >= 11 is 0. The van der Waals surface area contributed by atoms with Gasteiger partial charge in [0.2, 0.25) is 0 Å². The normalized spacial score (nSPS) is 15.1. The molecule has 1 aliphatic carbocycles. The third-order valence-electron chi connectivity index (χ3n) is 11.3. The highest BCUT2D eigenvalue weighted by molar-refractivity contribution is 5.95. The number of carbonyl (C=O) groups excluding carboxylic acids is 1. The zero-order valence-corrected chi connectivity index (χ0v) is 33.9. The van der Waals surface area contributed by atoms with Gasteiger partial charge in [-0.1, -0.05) is 125 Å². The summed E-state index contributed by atoms with van der Waals surface area (Å²) in [5, 5.41) is 2.43. The van der Waals surface area contributed by atoms with Crippen molar-refractivity contribution in [2.24, 2.45) is 5.41 Å². The van der Waals surface area contributed by atoms with Crippen LogP contribution in [0.5, 0.6) is 11.5 Å². The van der Waals surface area contributed by atoms with E-state index in [1.165, 1.54) is 58.7 Å². The van der Waals surface area contributed by atoms with Crippen molar-refractivity contribution in [2.75, 3.05) is 26.4 Å². The van der Waals surface area contributed by atoms with Gasteiger partial charge in [-0.15, -0.1) is 0 Å². The average Bonchev–Trinajstić information content (AvgIpc) is 3.48. The minimum absolute atomic E-state index is 0.154. The molecule has 1 unspecified atom stereocenters. The standard InChI is InChI=1S/C50H60O5/c1-7-9-11-16-30-49(5,6)55-34-33-53-42-27-23-40(24-28-42)50(39-21-25-41(26-22-39)52-31-32-54-47(51)48(3,4)29-10-8-2)45-20-15-14-19-43(45)44-35-37-17-12-13-18-38(37)36-46(44)50/h12-15,17-28,35-36H,7-11,16,29-34H2,1-6H3. The van der Waals surface area contributed by atoms with Gasteiger partial charge in [0.1, 0.15) is 31.3 Å². The monoisotopic (exact) mass is 740 g/mol. The zero-order valence-electron chi connectivity index (χ0n) is 33.9. The van der Waals surface area contributed by atoms with Gasteiger partial charge in [0.05, 0.1) is 23.0 Å². The summed E-state index contributed by atoms with van der Waals surface area (Å²) in [7, 11) is 0. The molecule has 55 heavy (non-hydrogen) atoms. The molecule has 0 spiro atoms. The fourth-order valence-electron chi connectivity index (χ4n) is 8.09. The molecule has 5 aromatic rings. The van der Waals surface area contributed by atoms with Gasteiger partial charge in [-0.2, -0.15) is 0 Å². The Morgan fingerprint density at radius 1 is 0.564 bits per heavy atom. The second-order valence-electron chi connectivity index (χ2n) is 16.3. The van der Waals surface area contributed by atoms with Gasteiger partial charge in [-0.3, -0.25) is 4.79 Å². The van der Waals surface area contributed by atoms with Crippen LogP contribution in [0.25, 0.3) is 21.9 Å². The fourth-order valence-corrected chi connectivity index (χ4v) is 8.09. The number of fused-ring (bicyclic) bond motifs is 4. The van der Waals surface area contributed by atoms with Crippen molar-refractivity contribution >= 4 is 16.7 Å². The van der Waals surface area contributed by atoms with Crippen LogP contribution in [-0.4, -0.2) is 38.0 Å². The predicted molar refractivity (Wildman–Crippen MR) is 225 cm³/mol. The van der Waals surface area contributed by atoms with E-state index >= 15 is 0 Å².